The van der Waals surface area contributed by atoms with E-state index in [-0.39, 0.29) is 0 Å². The molecule has 0 amide bonds. The molecule has 0 aliphatic carbocycles. The zero-order valence-electron chi connectivity index (χ0n) is 28.3. The van der Waals surface area contributed by atoms with Crippen LogP contribution in [0, 0.1) is 0 Å². The molecule has 3 nitrogen and oxygen atoms in total. The number of hydrogen-bond acceptors (Lipinski definition) is 3. The van der Waals surface area contributed by atoms with Gasteiger partial charge in [0.15, 0.2) is 5.58 Å². The van der Waals surface area contributed by atoms with Crippen molar-refractivity contribution in [1.29, 1.82) is 0 Å². The summed E-state index contributed by atoms with van der Waals surface area (Å²) in [5, 5.41) is 7.16. The smallest absolute Gasteiger partial charge is 0.227 e. The number of hydrogen-bond donors (Lipinski definition) is 0. The first kappa shape index (κ1) is 29.9. The average Bonchev–Trinajstić information content (AvgIpc) is 3.67. The number of anilines is 3. The highest BCUT2D eigenvalue weighted by atomic mass is 16.3. The van der Waals surface area contributed by atoms with Gasteiger partial charge in [0.1, 0.15) is 5.52 Å². The van der Waals surface area contributed by atoms with Gasteiger partial charge >= 0.3 is 0 Å². The second kappa shape index (κ2) is 12.4. The summed E-state index contributed by atoms with van der Waals surface area (Å²) in [6, 6.07) is 68.8. The molecule has 52 heavy (non-hydrogen) atoms. The minimum atomic E-state index is 0.612. The van der Waals surface area contributed by atoms with Gasteiger partial charge in [0.25, 0.3) is 0 Å². The van der Waals surface area contributed by atoms with Gasteiger partial charge in [-0.3, -0.25) is 0 Å². The molecule has 1 heterocycles. The van der Waals surface area contributed by atoms with Crippen LogP contribution in [0.2, 0.25) is 0 Å². The molecular weight excluding hydrogens is 633 g/mol. The third-order valence-corrected chi connectivity index (χ3v) is 10.1. The van der Waals surface area contributed by atoms with Crippen LogP contribution in [0.5, 0.6) is 0 Å². The maximum Gasteiger partial charge on any atom is 0.227 e. The van der Waals surface area contributed by atoms with Crippen LogP contribution in [0.3, 0.4) is 0 Å². The molecular formula is C49H32N2O. The molecule has 10 rings (SSSR count). The van der Waals surface area contributed by atoms with Crippen LogP contribution in [0.15, 0.2) is 199 Å². The maximum atomic E-state index is 6.40. The number of fused-ring (bicyclic) bond motifs is 6. The predicted octanol–water partition coefficient (Wildman–Crippen LogP) is 13.8. The summed E-state index contributed by atoms with van der Waals surface area (Å²) in [5.41, 5.74) is 10.4. The standard InChI is InChI=1S/C49H32N2O/c1-3-14-33(15-4-1)40-21-11-12-24-44(40)51(45-25-13-19-35-28-31-46-48(47(35)45)50-49(52-46)36-16-5-2-6-17-36)38-29-26-34(27-30-38)43-32-37-18-7-8-20-39(37)41-22-9-10-23-42(41)43/h1-32H. The van der Waals surface area contributed by atoms with Crippen LogP contribution in [0.4, 0.5) is 17.1 Å². The van der Waals surface area contributed by atoms with Crippen molar-refractivity contribution in [2.75, 3.05) is 4.90 Å². The molecule has 0 atom stereocenters. The molecule has 0 spiro atoms. The van der Waals surface area contributed by atoms with Crippen molar-refractivity contribution in [2.45, 2.75) is 0 Å². The first-order valence-electron chi connectivity index (χ1n) is 17.6. The Hall–Kier alpha value is -6.97. The SMILES string of the molecule is c1ccc(-c2nc3c(ccc4cccc(N(c5ccc(-c6cc7ccccc7c7ccccc67)cc5)c5ccccc5-c5ccccc5)c43)o2)cc1. The first-order chi connectivity index (χ1) is 25.8. The Morgan fingerprint density at radius 3 is 1.83 bits per heavy atom. The Morgan fingerprint density at radius 2 is 1.02 bits per heavy atom. The van der Waals surface area contributed by atoms with Crippen LogP contribution >= 0.6 is 0 Å². The number of nitrogens with zero attached hydrogens (tertiary/aromatic N) is 2. The second-order valence-electron chi connectivity index (χ2n) is 13.1. The van der Waals surface area contributed by atoms with Crippen molar-refractivity contribution in [3.63, 3.8) is 0 Å². The van der Waals surface area contributed by atoms with Gasteiger partial charge in [0, 0.05) is 22.2 Å². The number of para-hydroxylation sites is 1. The quantitative estimate of drug-likeness (QED) is 0.166. The summed E-state index contributed by atoms with van der Waals surface area (Å²) < 4.78 is 6.40. The second-order valence-corrected chi connectivity index (χ2v) is 13.1. The van der Waals surface area contributed by atoms with E-state index < -0.39 is 0 Å². The van der Waals surface area contributed by atoms with Gasteiger partial charge in [-0.1, -0.05) is 146 Å². The lowest BCUT2D eigenvalue weighted by molar-refractivity contribution is 0.620. The van der Waals surface area contributed by atoms with Crippen LogP contribution in [-0.4, -0.2) is 4.98 Å². The summed E-state index contributed by atoms with van der Waals surface area (Å²) in [6.45, 7) is 0. The van der Waals surface area contributed by atoms with E-state index in [0.29, 0.717) is 5.89 Å². The van der Waals surface area contributed by atoms with Gasteiger partial charge in [0.05, 0.1) is 11.4 Å². The van der Waals surface area contributed by atoms with Gasteiger partial charge in [-0.25, -0.2) is 4.98 Å². The Bertz CT molecular complexity index is 2890. The fourth-order valence-corrected chi connectivity index (χ4v) is 7.66. The molecule has 0 aliphatic rings. The topological polar surface area (TPSA) is 29.3 Å². The molecule has 9 aromatic carbocycles. The third-order valence-electron chi connectivity index (χ3n) is 10.1. The fraction of sp³-hybridized carbons (Fsp3) is 0. The van der Waals surface area contributed by atoms with Crippen LogP contribution in [0.1, 0.15) is 0 Å². The Kier molecular flexibility index (Phi) is 7.14. The molecule has 0 unspecified atom stereocenters. The molecule has 244 valence electrons. The predicted molar refractivity (Wildman–Crippen MR) is 218 cm³/mol. The van der Waals surface area contributed by atoms with E-state index in [1.54, 1.807) is 0 Å². The highest BCUT2D eigenvalue weighted by molar-refractivity contribution is 6.15. The first-order valence-corrected chi connectivity index (χ1v) is 17.6. The van der Waals surface area contributed by atoms with E-state index in [0.717, 1.165) is 55.6 Å². The van der Waals surface area contributed by atoms with Gasteiger partial charge in [-0.2, -0.15) is 0 Å². The fourth-order valence-electron chi connectivity index (χ4n) is 7.66. The third kappa shape index (κ3) is 5.02. The molecule has 3 heteroatoms. The Balaban J connectivity index is 1.20. The Labute approximate surface area is 301 Å². The highest BCUT2D eigenvalue weighted by Crippen LogP contribution is 2.46. The van der Waals surface area contributed by atoms with Gasteiger partial charge in [0.2, 0.25) is 5.89 Å². The lowest BCUT2D eigenvalue weighted by atomic mass is 9.93. The molecule has 10 aromatic rings. The summed E-state index contributed by atoms with van der Waals surface area (Å²) in [4.78, 5) is 7.51. The maximum absolute atomic E-state index is 6.40. The zero-order chi connectivity index (χ0) is 34.4. The van der Waals surface area contributed by atoms with E-state index in [2.05, 4.69) is 163 Å². The van der Waals surface area contributed by atoms with Crippen molar-refractivity contribution >= 4 is 60.5 Å². The normalized spacial score (nSPS) is 11.5. The highest BCUT2D eigenvalue weighted by Gasteiger charge is 2.22. The van der Waals surface area contributed by atoms with Crippen molar-refractivity contribution in [3.05, 3.63) is 194 Å². The average molecular weight is 665 g/mol. The monoisotopic (exact) mass is 664 g/mol. The molecule has 0 aliphatic heterocycles. The van der Waals surface area contributed by atoms with Crippen molar-refractivity contribution < 1.29 is 4.42 Å². The lowest BCUT2D eigenvalue weighted by Gasteiger charge is -2.29. The van der Waals surface area contributed by atoms with Crippen LogP contribution < -0.4 is 4.90 Å². The van der Waals surface area contributed by atoms with Gasteiger partial charge in [-0.15, -0.1) is 0 Å². The molecule has 1 aromatic heterocycles. The minimum Gasteiger partial charge on any atom is -0.436 e. The Morgan fingerprint density at radius 1 is 0.404 bits per heavy atom. The number of oxazole rings is 1. The van der Waals surface area contributed by atoms with E-state index in [1.807, 2.05) is 36.4 Å². The van der Waals surface area contributed by atoms with Gasteiger partial charge in [-0.05, 0) is 92.2 Å². The van der Waals surface area contributed by atoms with Crippen molar-refractivity contribution in [1.82, 2.24) is 4.98 Å². The van der Waals surface area contributed by atoms with E-state index in [9.17, 15) is 0 Å². The summed E-state index contributed by atoms with van der Waals surface area (Å²) in [7, 11) is 0. The molecule has 0 saturated carbocycles. The summed E-state index contributed by atoms with van der Waals surface area (Å²) >= 11 is 0. The van der Waals surface area contributed by atoms with E-state index >= 15 is 0 Å². The number of aromatic nitrogens is 1. The molecule has 0 fully saturated rings. The van der Waals surface area contributed by atoms with Crippen LogP contribution in [0.25, 0.3) is 77.1 Å². The van der Waals surface area contributed by atoms with E-state index in [1.165, 1.54) is 32.7 Å². The van der Waals surface area contributed by atoms with Crippen LogP contribution in [-0.2, 0) is 0 Å². The number of rotatable bonds is 6. The number of benzene rings is 9. The molecule has 0 N–H and O–H groups in total. The largest absolute Gasteiger partial charge is 0.436 e. The van der Waals surface area contributed by atoms with Crippen molar-refractivity contribution in [2.24, 2.45) is 0 Å². The van der Waals surface area contributed by atoms with Crippen molar-refractivity contribution in [3.8, 4) is 33.7 Å². The van der Waals surface area contributed by atoms with E-state index in [4.69, 9.17) is 9.40 Å². The summed E-state index contributed by atoms with van der Waals surface area (Å²) in [6.07, 6.45) is 0. The summed E-state index contributed by atoms with van der Waals surface area (Å²) in [5.74, 6) is 0.612. The zero-order valence-corrected chi connectivity index (χ0v) is 28.3. The van der Waals surface area contributed by atoms with Gasteiger partial charge < -0.3 is 9.32 Å². The molecule has 0 bridgehead atoms. The minimum absolute atomic E-state index is 0.612. The molecule has 0 radical (unpaired) electrons. The lowest BCUT2D eigenvalue weighted by Crippen LogP contribution is -2.12. The molecule has 0 saturated heterocycles.